The lowest BCUT2D eigenvalue weighted by Crippen LogP contribution is -2.37. The first-order valence-electron chi connectivity index (χ1n) is 8.24. The van der Waals surface area contributed by atoms with E-state index in [1.165, 1.54) is 25.7 Å². The van der Waals surface area contributed by atoms with Crippen molar-refractivity contribution >= 4 is 11.6 Å². The van der Waals surface area contributed by atoms with E-state index >= 15 is 0 Å². The van der Waals surface area contributed by atoms with Gasteiger partial charge in [0.25, 0.3) is 0 Å². The normalized spacial score (nSPS) is 17.8. The van der Waals surface area contributed by atoms with Crippen molar-refractivity contribution in [3.63, 3.8) is 0 Å². The van der Waals surface area contributed by atoms with Gasteiger partial charge >= 0.3 is 0 Å². The van der Waals surface area contributed by atoms with E-state index < -0.39 is 6.10 Å². The summed E-state index contributed by atoms with van der Waals surface area (Å²) < 4.78 is 0. The van der Waals surface area contributed by atoms with E-state index in [0.29, 0.717) is 10.9 Å². The molecule has 0 aromatic heterocycles. The number of halogens is 1. The van der Waals surface area contributed by atoms with E-state index in [1.807, 2.05) is 24.3 Å². The summed E-state index contributed by atoms with van der Waals surface area (Å²) in [6, 6.07) is 8.30. The molecule has 1 aromatic carbocycles. The minimum atomic E-state index is -0.417. The smallest absolute Gasteiger partial charge is 0.0802 e. The van der Waals surface area contributed by atoms with Crippen LogP contribution in [0, 0.1) is 5.92 Å². The molecule has 1 aliphatic rings. The van der Waals surface area contributed by atoms with E-state index in [2.05, 4.69) is 18.7 Å². The Kier molecular flexibility index (Phi) is 6.53. The molecule has 2 nitrogen and oxygen atoms in total. The monoisotopic (exact) mass is 309 g/mol. The van der Waals surface area contributed by atoms with E-state index in [-0.39, 0.29) is 0 Å². The molecule has 0 saturated heterocycles. The highest BCUT2D eigenvalue weighted by Gasteiger charge is 2.23. The van der Waals surface area contributed by atoms with Gasteiger partial charge in [0.15, 0.2) is 0 Å². The number of aliphatic hydroxyl groups excluding tert-OH is 1. The van der Waals surface area contributed by atoms with E-state index in [4.69, 9.17) is 11.6 Å². The molecule has 1 fully saturated rings. The Morgan fingerprint density at radius 2 is 2.00 bits per heavy atom. The van der Waals surface area contributed by atoms with Gasteiger partial charge in [-0.15, -0.1) is 0 Å². The first kappa shape index (κ1) is 16.8. The van der Waals surface area contributed by atoms with Crippen LogP contribution in [0.1, 0.15) is 57.6 Å². The van der Waals surface area contributed by atoms with Gasteiger partial charge in [0.2, 0.25) is 0 Å². The van der Waals surface area contributed by atoms with Crippen molar-refractivity contribution in [2.45, 2.75) is 58.1 Å². The molecule has 2 rings (SSSR count). The third kappa shape index (κ3) is 5.28. The maximum Gasteiger partial charge on any atom is 0.0802 e. The van der Waals surface area contributed by atoms with Gasteiger partial charge in [0.1, 0.15) is 0 Å². The summed E-state index contributed by atoms with van der Waals surface area (Å²) >= 11 is 6.00. The third-order valence-corrected chi connectivity index (χ3v) is 4.60. The average Bonchev–Trinajstić information content (AvgIpc) is 2.96. The first-order valence-corrected chi connectivity index (χ1v) is 8.61. The highest BCUT2D eigenvalue weighted by atomic mass is 35.5. The summed E-state index contributed by atoms with van der Waals surface area (Å²) in [5.41, 5.74) is 0.929. The predicted molar refractivity (Wildman–Crippen MR) is 89.7 cm³/mol. The minimum Gasteiger partial charge on any atom is -0.388 e. The van der Waals surface area contributed by atoms with E-state index in [0.717, 1.165) is 31.1 Å². The second-order valence-electron chi connectivity index (χ2n) is 6.69. The highest BCUT2D eigenvalue weighted by molar-refractivity contribution is 6.30. The Bertz CT molecular complexity index is 429. The summed E-state index contributed by atoms with van der Waals surface area (Å²) in [6.45, 7) is 6.65. The van der Waals surface area contributed by atoms with Crippen molar-refractivity contribution in [1.29, 1.82) is 0 Å². The van der Waals surface area contributed by atoms with Crippen LogP contribution in [0.25, 0.3) is 0 Å². The lowest BCUT2D eigenvalue weighted by Gasteiger charge is -2.31. The maximum atomic E-state index is 10.4. The summed E-state index contributed by atoms with van der Waals surface area (Å²) in [5.74, 6) is 0.675. The molecule has 1 atom stereocenters. The molecule has 118 valence electrons. The van der Waals surface area contributed by atoms with Gasteiger partial charge in [0, 0.05) is 24.2 Å². The standard InChI is InChI=1S/C18H28ClNO/c1-14(2)13-20(17-8-3-4-9-17)11-10-18(21)15-6-5-7-16(19)12-15/h5-7,12,14,17-18,21H,3-4,8-11,13H2,1-2H3. The fourth-order valence-corrected chi connectivity index (χ4v) is 3.53. The number of hydrogen-bond donors (Lipinski definition) is 1. The third-order valence-electron chi connectivity index (χ3n) is 4.36. The van der Waals surface area contributed by atoms with Gasteiger partial charge in [-0.25, -0.2) is 0 Å². The topological polar surface area (TPSA) is 23.5 Å². The molecule has 0 amide bonds. The second-order valence-corrected chi connectivity index (χ2v) is 7.12. The van der Waals surface area contributed by atoms with Gasteiger partial charge in [-0.05, 0) is 42.9 Å². The highest BCUT2D eigenvalue weighted by Crippen LogP contribution is 2.26. The summed E-state index contributed by atoms with van der Waals surface area (Å²) in [5, 5.41) is 11.1. The minimum absolute atomic E-state index is 0.417. The Labute approximate surface area is 134 Å². The molecule has 1 saturated carbocycles. The number of aliphatic hydroxyl groups is 1. The molecule has 0 spiro atoms. The zero-order valence-corrected chi connectivity index (χ0v) is 14.0. The molecule has 0 aliphatic heterocycles. The number of rotatable bonds is 7. The van der Waals surface area contributed by atoms with Crippen LogP contribution >= 0.6 is 11.6 Å². The van der Waals surface area contributed by atoms with Crippen molar-refractivity contribution in [3.8, 4) is 0 Å². The molecule has 1 unspecified atom stereocenters. The molecular formula is C18H28ClNO. The fraction of sp³-hybridized carbons (Fsp3) is 0.667. The molecule has 0 radical (unpaired) electrons. The average molecular weight is 310 g/mol. The van der Waals surface area contributed by atoms with Gasteiger partial charge in [-0.1, -0.05) is 50.4 Å². The first-order chi connectivity index (χ1) is 10.1. The lowest BCUT2D eigenvalue weighted by molar-refractivity contribution is 0.116. The molecule has 1 aromatic rings. The Morgan fingerprint density at radius 1 is 1.29 bits per heavy atom. The van der Waals surface area contributed by atoms with Gasteiger partial charge in [-0.2, -0.15) is 0 Å². The molecule has 21 heavy (non-hydrogen) atoms. The maximum absolute atomic E-state index is 10.4. The molecule has 0 heterocycles. The second kappa shape index (κ2) is 8.17. The predicted octanol–water partition coefficient (Wildman–Crippen LogP) is 4.66. The van der Waals surface area contributed by atoms with E-state index in [1.54, 1.807) is 0 Å². The van der Waals surface area contributed by atoms with Crippen LogP contribution in [0.3, 0.4) is 0 Å². The number of hydrogen-bond acceptors (Lipinski definition) is 2. The summed E-state index contributed by atoms with van der Waals surface area (Å²) in [6.07, 6.45) is 5.72. The SMILES string of the molecule is CC(C)CN(CCC(O)c1cccc(Cl)c1)C1CCCC1. The molecule has 3 heteroatoms. The van der Waals surface area contributed by atoms with Crippen LogP contribution < -0.4 is 0 Å². The van der Waals surface area contributed by atoms with Crippen LogP contribution in [-0.2, 0) is 0 Å². The van der Waals surface area contributed by atoms with E-state index in [9.17, 15) is 5.11 Å². The molecule has 1 aliphatic carbocycles. The van der Waals surface area contributed by atoms with Crippen molar-refractivity contribution in [2.24, 2.45) is 5.92 Å². The Morgan fingerprint density at radius 3 is 2.62 bits per heavy atom. The number of benzene rings is 1. The largest absolute Gasteiger partial charge is 0.388 e. The van der Waals surface area contributed by atoms with Gasteiger partial charge in [0.05, 0.1) is 6.10 Å². The Balaban J connectivity index is 1.90. The van der Waals surface area contributed by atoms with Crippen molar-refractivity contribution < 1.29 is 5.11 Å². The summed E-state index contributed by atoms with van der Waals surface area (Å²) in [4.78, 5) is 2.59. The fourth-order valence-electron chi connectivity index (χ4n) is 3.33. The Hall–Kier alpha value is -0.570. The van der Waals surface area contributed by atoms with Crippen LogP contribution in [-0.4, -0.2) is 29.1 Å². The van der Waals surface area contributed by atoms with Crippen molar-refractivity contribution in [3.05, 3.63) is 34.9 Å². The quantitative estimate of drug-likeness (QED) is 0.791. The lowest BCUT2D eigenvalue weighted by atomic mass is 10.0. The van der Waals surface area contributed by atoms with Crippen LogP contribution in [0.4, 0.5) is 0 Å². The summed E-state index contributed by atoms with van der Waals surface area (Å²) in [7, 11) is 0. The van der Waals surface area contributed by atoms with Crippen molar-refractivity contribution in [2.75, 3.05) is 13.1 Å². The van der Waals surface area contributed by atoms with Crippen molar-refractivity contribution in [1.82, 2.24) is 4.90 Å². The van der Waals surface area contributed by atoms with Crippen LogP contribution in [0.5, 0.6) is 0 Å². The number of nitrogens with zero attached hydrogens (tertiary/aromatic N) is 1. The van der Waals surface area contributed by atoms with Gasteiger partial charge in [-0.3, -0.25) is 0 Å². The zero-order chi connectivity index (χ0) is 15.2. The van der Waals surface area contributed by atoms with Gasteiger partial charge < -0.3 is 10.0 Å². The molecule has 0 bridgehead atoms. The van der Waals surface area contributed by atoms with Crippen LogP contribution in [0.2, 0.25) is 5.02 Å². The molecular weight excluding hydrogens is 282 g/mol. The van der Waals surface area contributed by atoms with Crippen LogP contribution in [0.15, 0.2) is 24.3 Å². The zero-order valence-electron chi connectivity index (χ0n) is 13.3. The molecule has 1 N–H and O–H groups in total.